The molecule has 2 aliphatic rings. The topological polar surface area (TPSA) is 63.0 Å². The minimum Gasteiger partial charge on any atom is -0.366 e. The van der Waals surface area contributed by atoms with Gasteiger partial charge in [0.1, 0.15) is 0 Å². The van der Waals surface area contributed by atoms with Crippen molar-refractivity contribution >= 4 is 23.1 Å². The molecule has 1 unspecified atom stereocenters. The number of tetrazole rings is 1. The minimum absolute atomic E-state index is 0.435. The number of benzene rings is 1. The fourth-order valence-corrected chi connectivity index (χ4v) is 6.69. The van der Waals surface area contributed by atoms with Gasteiger partial charge in [-0.2, -0.15) is 0 Å². The predicted octanol–water partition coefficient (Wildman–Crippen LogP) is 2.33. The van der Waals surface area contributed by atoms with Crippen LogP contribution >= 0.6 is 11.3 Å². The minimum atomic E-state index is 0.435. The summed E-state index contributed by atoms with van der Waals surface area (Å²) in [5.74, 6) is 0.939. The average molecular weight is 512 g/mol. The molecule has 6 rings (SSSR count). The van der Waals surface area contributed by atoms with Crippen LogP contribution in [0.25, 0.3) is 11.8 Å². The van der Waals surface area contributed by atoms with Gasteiger partial charge in [-0.3, -0.25) is 9.88 Å². The molecular formula is C29H33N7S. The SMILES string of the molecule is Cc1cc2c(s1)CC=c1cccnc1=C2N1CCN(CCc2nnnn2C)C(CCc2ccccc2)C1. The maximum atomic E-state index is 4.92. The van der Waals surface area contributed by atoms with Crippen LogP contribution in [0.15, 0.2) is 54.7 Å². The molecule has 8 heteroatoms. The number of piperazine rings is 1. The first-order valence-corrected chi connectivity index (χ1v) is 14.0. The van der Waals surface area contributed by atoms with Gasteiger partial charge in [0, 0.05) is 73.6 Å². The van der Waals surface area contributed by atoms with Gasteiger partial charge in [-0.1, -0.05) is 42.5 Å². The molecule has 0 bridgehead atoms. The van der Waals surface area contributed by atoms with Crippen LogP contribution in [0.2, 0.25) is 0 Å². The second-order valence-electron chi connectivity index (χ2n) is 10.0. The number of hydrogen-bond acceptors (Lipinski definition) is 7. The second kappa shape index (κ2) is 10.6. The van der Waals surface area contributed by atoms with E-state index in [-0.39, 0.29) is 0 Å². The molecule has 1 aliphatic carbocycles. The van der Waals surface area contributed by atoms with Gasteiger partial charge in [0.25, 0.3) is 0 Å². The van der Waals surface area contributed by atoms with Crippen molar-refractivity contribution < 1.29 is 0 Å². The van der Waals surface area contributed by atoms with E-state index in [2.05, 4.69) is 86.9 Å². The van der Waals surface area contributed by atoms with Crippen LogP contribution < -0.4 is 10.6 Å². The summed E-state index contributed by atoms with van der Waals surface area (Å²) < 4.78 is 1.79. The van der Waals surface area contributed by atoms with E-state index in [0.717, 1.165) is 63.0 Å². The van der Waals surface area contributed by atoms with Crippen molar-refractivity contribution in [1.29, 1.82) is 0 Å². The summed E-state index contributed by atoms with van der Waals surface area (Å²) in [6.45, 7) is 6.17. The van der Waals surface area contributed by atoms with Crippen LogP contribution in [0.4, 0.5) is 0 Å². The fraction of sp³-hybridized carbons (Fsp3) is 0.379. The third-order valence-electron chi connectivity index (χ3n) is 7.62. The molecule has 1 fully saturated rings. The lowest BCUT2D eigenvalue weighted by Gasteiger charge is -2.43. The molecule has 1 saturated heterocycles. The van der Waals surface area contributed by atoms with Crippen LogP contribution in [0.1, 0.15) is 33.1 Å². The van der Waals surface area contributed by atoms with Crippen molar-refractivity contribution in [3.05, 3.63) is 92.0 Å². The fourth-order valence-electron chi connectivity index (χ4n) is 5.69. The molecule has 4 aromatic rings. The molecule has 0 amide bonds. The summed E-state index contributed by atoms with van der Waals surface area (Å²) in [5.41, 5.74) is 4.08. The molecule has 0 spiro atoms. The van der Waals surface area contributed by atoms with E-state index in [0.29, 0.717) is 6.04 Å². The van der Waals surface area contributed by atoms with Gasteiger partial charge in [0.15, 0.2) is 5.82 Å². The first kappa shape index (κ1) is 24.0. The third-order valence-corrected chi connectivity index (χ3v) is 8.69. The maximum absolute atomic E-state index is 4.92. The van der Waals surface area contributed by atoms with Crippen LogP contribution in [0.5, 0.6) is 0 Å². The van der Waals surface area contributed by atoms with Gasteiger partial charge in [0.2, 0.25) is 0 Å². The summed E-state index contributed by atoms with van der Waals surface area (Å²) in [4.78, 5) is 13.0. The van der Waals surface area contributed by atoms with Gasteiger partial charge in [0.05, 0.1) is 11.0 Å². The van der Waals surface area contributed by atoms with Crippen molar-refractivity contribution in [3.8, 4) is 0 Å². The molecule has 4 heterocycles. The number of thiophene rings is 1. The van der Waals surface area contributed by atoms with Crippen molar-refractivity contribution in [2.75, 3.05) is 26.2 Å². The number of pyridine rings is 1. The molecule has 1 atom stereocenters. The van der Waals surface area contributed by atoms with Crippen molar-refractivity contribution in [1.82, 2.24) is 35.0 Å². The standard InChI is InChI=1S/C29H33N7S/c1-21-19-25-26(37-21)13-11-23-9-6-15-30-28(23)29(25)36-18-17-35(16-14-27-31-32-33-34(27)2)24(20-36)12-10-22-7-4-3-5-8-22/h3-9,11,15,19,24H,10,12-14,16-18,20H2,1-2H3. The zero-order valence-electron chi connectivity index (χ0n) is 21.5. The lowest BCUT2D eigenvalue weighted by atomic mass is 10.00. The normalized spacial score (nSPS) is 17.7. The van der Waals surface area contributed by atoms with Crippen LogP contribution in [0, 0.1) is 6.92 Å². The Morgan fingerprint density at radius 2 is 1.95 bits per heavy atom. The van der Waals surface area contributed by atoms with E-state index in [1.807, 2.05) is 24.6 Å². The predicted molar refractivity (Wildman–Crippen MR) is 147 cm³/mol. The molecule has 0 saturated carbocycles. The van der Waals surface area contributed by atoms with Gasteiger partial charge in [-0.05, 0) is 53.1 Å². The first-order chi connectivity index (χ1) is 18.2. The van der Waals surface area contributed by atoms with E-state index in [1.54, 1.807) is 4.68 Å². The van der Waals surface area contributed by atoms with Gasteiger partial charge < -0.3 is 4.90 Å². The summed E-state index contributed by atoms with van der Waals surface area (Å²) in [7, 11) is 1.92. The lowest BCUT2D eigenvalue weighted by molar-refractivity contribution is 0.101. The van der Waals surface area contributed by atoms with Crippen molar-refractivity contribution in [3.63, 3.8) is 0 Å². The van der Waals surface area contributed by atoms with Crippen LogP contribution in [0.3, 0.4) is 0 Å². The van der Waals surface area contributed by atoms with Crippen LogP contribution in [-0.4, -0.2) is 67.2 Å². The molecule has 190 valence electrons. The molecule has 0 radical (unpaired) electrons. The van der Waals surface area contributed by atoms with E-state index in [1.165, 1.54) is 31.8 Å². The number of rotatable bonds is 7. The Hall–Kier alpha value is -3.36. The highest BCUT2D eigenvalue weighted by Gasteiger charge is 2.30. The maximum Gasteiger partial charge on any atom is 0.152 e. The summed E-state index contributed by atoms with van der Waals surface area (Å²) in [6.07, 6.45) is 8.30. The highest BCUT2D eigenvalue weighted by Crippen LogP contribution is 2.32. The number of aryl methyl sites for hydroxylation is 3. The number of nitrogens with zero attached hydrogens (tertiary/aromatic N) is 7. The summed E-state index contributed by atoms with van der Waals surface area (Å²) in [5, 5.41) is 14.4. The van der Waals surface area contributed by atoms with E-state index >= 15 is 0 Å². The lowest BCUT2D eigenvalue weighted by Crippen LogP contribution is -2.54. The zero-order chi connectivity index (χ0) is 25.2. The van der Waals surface area contributed by atoms with Crippen LogP contribution in [-0.2, 0) is 26.3 Å². The molecule has 0 N–H and O–H groups in total. The highest BCUT2D eigenvalue weighted by atomic mass is 32.1. The van der Waals surface area contributed by atoms with Crippen molar-refractivity contribution in [2.45, 2.75) is 38.6 Å². The van der Waals surface area contributed by atoms with Gasteiger partial charge in [-0.15, -0.1) is 16.4 Å². The van der Waals surface area contributed by atoms with Gasteiger partial charge >= 0.3 is 0 Å². The zero-order valence-corrected chi connectivity index (χ0v) is 22.4. The molecule has 1 aliphatic heterocycles. The Labute approximate surface area is 221 Å². The Morgan fingerprint density at radius 1 is 1.05 bits per heavy atom. The molecule has 37 heavy (non-hydrogen) atoms. The smallest absolute Gasteiger partial charge is 0.152 e. The molecular weight excluding hydrogens is 478 g/mol. The average Bonchev–Trinajstić information content (AvgIpc) is 3.47. The molecule has 1 aromatic carbocycles. The Bertz CT molecular complexity index is 1490. The Kier molecular flexibility index (Phi) is 6.85. The van der Waals surface area contributed by atoms with E-state index in [4.69, 9.17) is 4.98 Å². The van der Waals surface area contributed by atoms with E-state index in [9.17, 15) is 0 Å². The number of fused-ring (bicyclic) bond motifs is 2. The Morgan fingerprint density at radius 3 is 2.78 bits per heavy atom. The second-order valence-corrected chi connectivity index (χ2v) is 11.4. The molecule has 7 nitrogen and oxygen atoms in total. The summed E-state index contributed by atoms with van der Waals surface area (Å²) in [6, 6.07) is 17.9. The quantitative estimate of drug-likeness (QED) is 0.380. The summed E-state index contributed by atoms with van der Waals surface area (Å²) >= 11 is 1.92. The largest absolute Gasteiger partial charge is 0.366 e. The first-order valence-electron chi connectivity index (χ1n) is 13.1. The number of aromatic nitrogens is 5. The van der Waals surface area contributed by atoms with E-state index < -0.39 is 0 Å². The van der Waals surface area contributed by atoms with Gasteiger partial charge in [-0.25, -0.2) is 4.68 Å². The Balaban J connectivity index is 1.31. The highest BCUT2D eigenvalue weighted by molar-refractivity contribution is 7.12. The molecule has 3 aromatic heterocycles. The number of hydrogen-bond donors (Lipinski definition) is 0. The third kappa shape index (κ3) is 5.08. The van der Waals surface area contributed by atoms with Crippen molar-refractivity contribution in [2.24, 2.45) is 7.05 Å². The monoisotopic (exact) mass is 511 g/mol.